The maximum absolute atomic E-state index is 3.54. The summed E-state index contributed by atoms with van der Waals surface area (Å²) in [5.41, 5.74) is 4.98. The summed E-state index contributed by atoms with van der Waals surface area (Å²) in [7, 11) is 0. The van der Waals surface area contributed by atoms with Gasteiger partial charge in [-0.25, -0.2) is 0 Å². The predicted molar refractivity (Wildman–Crippen MR) is 78.8 cm³/mol. The van der Waals surface area contributed by atoms with Crippen molar-refractivity contribution in [1.29, 1.82) is 0 Å². The van der Waals surface area contributed by atoms with E-state index in [1.807, 2.05) is 0 Å². The highest BCUT2D eigenvalue weighted by atomic mass is 79.9. The zero-order chi connectivity index (χ0) is 12.5. The predicted octanol–water partition coefficient (Wildman–Crippen LogP) is 5.57. The molecule has 0 aliphatic heterocycles. The fraction of sp³-hybridized carbons (Fsp3) is 0.625. The van der Waals surface area contributed by atoms with Crippen molar-refractivity contribution < 1.29 is 0 Å². The average Bonchev–Trinajstić information content (AvgIpc) is 2.29. The molecule has 0 spiro atoms. The van der Waals surface area contributed by atoms with E-state index in [9.17, 15) is 0 Å². The summed E-state index contributed by atoms with van der Waals surface area (Å²) in [4.78, 5) is 0. The van der Waals surface area contributed by atoms with E-state index in [0.717, 1.165) is 11.2 Å². The highest BCUT2D eigenvalue weighted by Crippen LogP contribution is 2.42. The van der Waals surface area contributed by atoms with Gasteiger partial charge in [0.25, 0.3) is 0 Å². The molecule has 0 amide bonds. The highest BCUT2D eigenvalue weighted by molar-refractivity contribution is 9.08. The van der Waals surface area contributed by atoms with E-state index >= 15 is 0 Å². The Balaban J connectivity index is 2.11. The van der Waals surface area contributed by atoms with Crippen LogP contribution in [0.3, 0.4) is 0 Å². The van der Waals surface area contributed by atoms with Crippen molar-refractivity contribution in [3.05, 3.63) is 34.9 Å². The number of aryl methyl sites for hydroxylation is 1. The number of hydrogen-bond donors (Lipinski definition) is 0. The molecule has 0 aromatic heterocycles. The molecule has 0 nitrogen and oxygen atoms in total. The lowest BCUT2D eigenvalue weighted by Crippen LogP contribution is -2.20. The second kappa shape index (κ2) is 5.14. The Bertz CT molecular complexity index is 383. The Kier molecular flexibility index (Phi) is 3.97. The summed E-state index contributed by atoms with van der Waals surface area (Å²) in [6.45, 7) is 7.04. The third-order valence-electron chi connectivity index (χ3n) is 4.32. The van der Waals surface area contributed by atoms with Crippen LogP contribution in [-0.2, 0) is 5.33 Å². The van der Waals surface area contributed by atoms with E-state index in [-0.39, 0.29) is 0 Å². The number of hydrogen-bond acceptors (Lipinski definition) is 0. The molecule has 0 saturated heterocycles. The monoisotopic (exact) mass is 294 g/mol. The molecule has 1 fully saturated rings. The summed E-state index contributed by atoms with van der Waals surface area (Å²) < 4.78 is 0. The van der Waals surface area contributed by atoms with Crippen molar-refractivity contribution in [2.45, 2.75) is 57.7 Å². The summed E-state index contributed by atoms with van der Waals surface area (Å²) in [6.07, 6.45) is 5.47. The van der Waals surface area contributed by atoms with Crippen molar-refractivity contribution in [3.63, 3.8) is 0 Å². The Morgan fingerprint density at radius 2 is 1.88 bits per heavy atom. The number of benzene rings is 1. The molecule has 94 valence electrons. The fourth-order valence-electron chi connectivity index (χ4n) is 2.86. The lowest BCUT2D eigenvalue weighted by Gasteiger charge is -2.34. The maximum Gasteiger partial charge on any atom is 0.0285 e. The second-order valence-electron chi connectivity index (χ2n) is 6.26. The molecule has 0 heterocycles. The molecule has 1 aliphatic rings. The third-order valence-corrected chi connectivity index (χ3v) is 4.93. The van der Waals surface area contributed by atoms with Crippen molar-refractivity contribution in [1.82, 2.24) is 0 Å². The lowest BCUT2D eigenvalue weighted by atomic mass is 9.71. The molecule has 1 heteroatoms. The quantitative estimate of drug-likeness (QED) is 0.625. The fourth-order valence-corrected chi connectivity index (χ4v) is 3.48. The van der Waals surface area contributed by atoms with E-state index in [0.29, 0.717) is 5.41 Å². The second-order valence-corrected chi connectivity index (χ2v) is 6.82. The largest absolute Gasteiger partial charge is 0.0876 e. The zero-order valence-corrected chi connectivity index (χ0v) is 12.8. The van der Waals surface area contributed by atoms with E-state index in [2.05, 4.69) is 54.9 Å². The highest BCUT2D eigenvalue weighted by Gasteiger charge is 2.27. The Hall–Kier alpha value is -0.300. The van der Waals surface area contributed by atoms with Gasteiger partial charge in [-0.2, -0.15) is 0 Å². The molecule has 2 rings (SSSR count). The molecule has 1 saturated carbocycles. The summed E-state index contributed by atoms with van der Waals surface area (Å²) >= 11 is 3.54. The normalized spacial score (nSPS) is 20.5. The van der Waals surface area contributed by atoms with Crippen LogP contribution in [0.15, 0.2) is 18.2 Å². The van der Waals surface area contributed by atoms with E-state index < -0.39 is 0 Å². The standard InChI is InChI=1S/C16H23Br/c1-12-10-14(4-5-15(12)11-17)13-6-8-16(2,3)9-7-13/h4-5,10,13H,6-9,11H2,1-3H3. The van der Waals surface area contributed by atoms with Gasteiger partial charge in [0.15, 0.2) is 0 Å². The third kappa shape index (κ3) is 3.13. The molecule has 0 bridgehead atoms. The Morgan fingerprint density at radius 3 is 2.41 bits per heavy atom. The van der Waals surface area contributed by atoms with Crippen molar-refractivity contribution in [3.8, 4) is 0 Å². The van der Waals surface area contributed by atoms with Gasteiger partial charge in [-0.05, 0) is 60.6 Å². The Labute approximate surface area is 114 Å². The van der Waals surface area contributed by atoms with Crippen LogP contribution < -0.4 is 0 Å². The molecule has 1 aliphatic carbocycles. The van der Waals surface area contributed by atoms with Gasteiger partial charge >= 0.3 is 0 Å². The van der Waals surface area contributed by atoms with Crippen LogP contribution >= 0.6 is 15.9 Å². The molecule has 1 aromatic carbocycles. The molecular weight excluding hydrogens is 272 g/mol. The van der Waals surface area contributed by atoms with Crippen LogP contribution in [0.2, 0.25) is 0 Å². The van der Waals surface area contributed by atoms with Gasteiger partial charge in [0.05, 0.1) is 0 Å². The van der Waals surface area contributed by atoms with Gasteiger partial charge in [-0.15, -0.1) is 0 Å². The van der Waals surface area contributed by atoms with Crippen molar-refractivity contribution in [2.75, 3.05) is 0 Å². The number of halogens is 1. The van der Waals surface area contributed by atoms with Crippen LogP contribution in [-0.4, -0.2) is 0 Å². The minimum atomic E-state index is 0.571. The number of alkyl halides is 1. The van der Waals surface area contributed by atoms with Gasteiger partial charge in [-0.3, -0.25) is 0 Å². The van der Waals surface area contributed by atoms with Gasteiger partial charge in [0.2, 0.25) is 0 Å². The van der Waals surface area contributed by atoms with E-state index in [1.54, 1.807) is 5.56 Å². The Morgan fingerprint density at radius 1 is 1.24 bits per heavy atom. The minimum Gasteiger partial charge on any atom is -0.0876 e. The van der Waals surface area contributed by atoms with Crippen molar-refractivity contribution >= 4 is 15.9 Å². The zero-order valence-electron chi connectivity index (χ0n) is 11.2. The molecule has 0 atom stereocenters. The first kappa shape index (κ1) is 13.1. The van der Waals surface area contributed by atoms with Gasteiger partial charge < -0.3 is 0 Å². The van der Waals surface area contributed by atoms with Crippen molar-refractivity contribution in [2.24, 2.45) is 5.41 Å². The average molecular weight is 295 g/mol. The van der Waals surface area contributed by atoms with Gasteiger partial charge in [0, 0.05) is 5.33 Å². The molecule has 0 unspecified atom stereocenters. The van der Waals surface area contributed by atoms with Gasteiger partial charge in [0.1, 0.15) is 0 Å². The van der Waals surface area contributed by atoms with Crippen LogP contribution in [0.5, 0.6) is 0 Å². The molecule has 1 aromatic rings. The molecule has 0 radical (unpaired) electrons. The topological polar surface area (TPSA) is 0 Å². The summed E-state index contributed by atoms with van der Waals surface area (Å²) in [5.74, 6) is 0.797. The first-order valence-corrected chi connectivity index (χ1v) is 7.79. The van der Waals surface area contributed by atoms with Gasteiger partial charge in [-0.1, -0.05) is 48.0 Å². The number of rotatable bonds is 2. The first-order chi connectivity index (χ1) is 8.02. The minimum absolute atomic E-state index is 0.571. The summed E-state index contributed by atoms with van der Waals surface area (Å²) in [6, 6.07) is 7.03. The lowest BCUT2D eigenvalue weighted by molar-refractivity contribution is 0.224. The molecular formula is C16H23Br. The van der Waals surface area contributed by atoms with Crippen LogP contribution in [0, 0.1) is 12.3 Å². The first-order valence-electron chi connectivity index (χ1n) is 6.67. The van der Waals surface area contributed by atoms with E-state index in [4.69, 9.17) is 0 Å². The maximum atomic E-state index is 3.54. The van der Waals surface area contributed by atoms with E-state index in [1.165, 1.54) is 36.8 Å². The smallest absolute Gasteiger partial charge is 0.0285 e. The van der Waals surface area contributed by atoms with Crippen LogP contribution in [0.1, 0.15) is 62.1 Å². The molecule has 0 N–H and O–H groups in total. The van der Waals surface area contributed by atoms with Crippen LogP contribution in [0.4, 0.5) is 0 Å². The summed E-state index contributed by atoms with van der Waals surface area (Å²) in [5, 5.41) is 0.969. The van der Waals surface area contributed by atoms with Crippen LogP contribution in [0.25, 0.3) is 0 Å². The SMILES string of the molecule is Cc1cc(C2CCC(C)(C)CC2)ccc1CBr. The molecule has 17 heavy (non-hydrogen) atoms.